The number of carboxylic acids is 1. The SMILES string of the molecule is CC1CCCCC1N(C)C(=O)NC(=O)CCC(=O)O. The van der Waals surface area contributed by atoms with E-state index in [1.165, 1.54) is 6.42 Å². The van der Waals surface area contributed by atoms with Crippen molar-refractivity contribution >= 4 is 17.9 Å². The molecule has 0 spiro atoms. The summed E-state index contributed by atoms with van der Waals surface area (Å²) in [6, 6.07) is -0.282. The topological polar surface area (TPSA) is 86.7 Å². The molecule has 1 rings (SSSR count). The largest absolute Gasteiger partial charge is 0.481 e. The molecule has 1 fully saturated rings. The first-order valence-electron chi connectivity index (χ1n) is 6.70. The molecule has 108 valence electrons. The maximum atomic E-state index is 11.9. The molecule has 6 nitrogen and oxygen atoms in total. The standard InChI is InChI=1S/C13H22N2O4/c1-9-5-3-4-6-10(9)15(2)13(19)14-11(16)7-8-12(17)18/h9-10H,3-8H2,1-2H3,(H,17,18)(H,14,16,19). The van der Waals surface area contributed by atoms with Gasteiger partial charge >= 0.3 is 12.0 Å². The predicted octanol–water partition coefficient (Wildman–Crippen LogP) is 1.60. The van der Waals surface area contributed by atoms with Crippen LogP contribution >= 0.6 is 0 Å². The van der Waals surface area contributed by atoms with Crippen LogP contribution in [0.3, 0.4) is 0 Å². The number of aliphatic carboxylic acids is 1. The van der Waals surface area contributed by atoms with Crippen LogP contribution in [0.4, 0.5) is 4.79 Å². The molecule has 0 saturated heterocycles. The average Bonchev–Trinajstić information content (AvgIpc) is 2.36. The summed E-state index contributed by atoms with van der Waals surface area (Å²) >= 11 is 0. The van der Waals surface area contributed by atoms with E-state index in [0.717, 1.165) is 19.3 Å². The van der Waals surface area contributed by atoms with Crippen LogP contribution < -0.4 is 5.32 Å². The molecule has 0 bridgehead atoms. The number of urea groups is 1. The van der Waals surface area contributed by atoms with E-state index < -0.39 is 17.9 Å². The Labute approximate surface area is 113 Å². The Morgan fingerprint density at radius 1 is 1.21 bits per heavy atom. The van der Waals surface area contributed by atoms with Crippen molar-refractivity contribution in [2.45, 2.75) is 51.5 Å². The molecule has 0 aromatic rings. The van der Waals surface area contributed by atoms with Crippen LogP contribution in [0.15, 0.2) is 0 Å². The Balaban J connectivity index is 2.43. The maximum absolute atomic E-state index is 11.9. The van der Waals surface area contributed by atoms with Gasteiger partial charge in [0.05, 0.1) is 6.42 Å². The third kappa shape index (κ3) is 4.89. The first-order chi connectivity index (χ1) is 8.91. The summed E-state index contributed by atoms with van der Waals surface area (Å²) in [4.78, 5) is 35.2. The highest BCUT2D eigenvalue weighted by molar-refractivity contribution is 5.95. The molecule has 2 unspecified atom stereocenters. The van der Waals surface area contributed by atoms with Gasteiger partial charge in [0.15, 0.2) is 0 Å². The van der Waals surface area contributed by atoms with E-state index in [0.29, 0.717) is 5.92 Å². The van der Waals surface area contributed by atoms with E-state index in [2.05, 4.69) is 12.2 Å². The van der Waals surface area contributed by atoms with E-state index in [-0.39, 0.29) is 18.9 Å². The number of amides is 3. The average molecular weight is 270 g/mol. The lowest BCUT2D eigenvalue weighted by atomic mass is 9.85. The first-order valence-corrected chi connectivity index (χ1v) is 6.70. The lowest BCUT2D eigenvalue weighted by molar-refractivity contribution is -0.138. The second kappa shape index (κ2) is 7.11. The molecule has 0 radical (unpaired) electrons. The van der Waals surface area contributed by atoms with Crippen LogP contribution in [-0.4, -0.2) is 41.0 Å². The van der Waals surface area contributed by atoms with Gasteiger partial charge in [-0.25, -0.2) is 4.79 Å². The fourth-order valence-electron chi connectivity index (χ4n) is 2.51. The molecular weight excluding hydrogens is 248 g/mol. The molecule has 0 aromatic heterocycles. The maximum Gasteiger partial charge on any atom is 0.324 e. The zero-order valence-electron chi connectivity index (χ0n) is 11.5. The second-order valence-electron chi connectivity index (χ2n) is 5.19. The predicted molar refractivity (Wildman–Crippen MR) is 69.6 cm³/mol. The van der Waals surface area contributed by atoms with Crippen molar-refractivity contribution in [3.05, 3.63) is 0 Å². The summed E-state index contributed by atoms with van der Waals surface area (Å²) in [6.07, 6.45) is 3.89. The minimum absolute atomic E-state index is 0.154. The van der Waals surface area contributed by atoms with Crippen molar-refractivity contribution in [2.75, 3.05) is 7.05 Å². The Bertz CT molecular complexity index is 357. The van der Waals surface area contributed by atoms with E-state index >= 15 is 0 Å². The van der Waals surface area contributed by atoms with Crippen molar-refractivity contribution in [1.82, 2.24) is 10.2 Å². The Kier molecular flexibility index (Phi) is 5.79. The van der Waals surface area contributed by atoms with Gasteiger partial charge in [0.25, 0.3) is 0 Å². The molecule has 2 N–H and O–H groups in total. The molecule has 1 aliphatic carbocycles. The summed E-state index contributed by atoms with van der Waals surface area (Å²) < 4.78 is 0. The summed E-state index contributed by atoms with van der Waals surface area (Å²) in [7, 11) is 1.69. The summed E-state index contributed by atoms with van der Waals surface area (Å²) in [5.74, 6) is -1.15. The number of imide groups is 1. The zero-order chi connectivity index (χ0) is 14.4. The lowest BCUT2D eigenvalue weighted by Crippen LogP contribution is -2.48. The number of nitrogens with one attached hydrogen (secondary N) is 1. The number of carboxylic acid groups (broad SMARTS) is 1. The monoisotopic (exact) mass is 270 g/mol. The minimum Gasteiger partial charge on any atom is -0.481 e. The summed E-state index contributed by atoms with van der Waals surface area (Å²) in [5.41, 5.74) is 0. The highest BCUT2D eigenvalue weighted by Crippen LogP contribution is 2.27. The first kappa shape index (κ1) is 15.5. The van der Waals surface area contributed by atoms with Crippen molar-refractivity contribution in [1.29, 1.82) is 0 Å². The minimum atomic E-state index is -1.04. The van der Waals surface area contributed by atoms with Crippen LogP contribution in [0.2, 0.25) is 0 Å². The highest BCUT2D eigenvalue weighted by Gasteiger charge is 2.28. The fourth-order valence-corrected chi connectivity index (χ4v) is 2.51. The molecule has 0 heterocycles. The van der Waals surface area contributed by atoms with Crippen molar-refractivity contribution < 1.29 is 19.5 Å². The van der Waals surface area contributed by atoms with Crippen LogP contribution in [0, 0.1) is 5.92 Å². The molecule has 0 aromatic carbocycles. The second-order valence-corrected chi connectivity index (χ2v) is 5.19. The summed E-state index contributed by atoms with van der Waals surface area (Å²) in [6.45, 7) is 2.11. The van der Waals surface area contributed by atoms with Crippen LogP contribution in [0.25, 0.3) is 0 Å². The van der Waals surface area contributed by atoms with Gasteiger partial charge in [0.2, 0.25) is 5.91 Å². The third-order valence-electron chi connectivity index (χ3n) is 3.70. The molecule has 19 heavy (non-hydrogen) atoms. The van der Waals surface area contributed by atoms with E-state index in [9.17, 15) is 14.4 Å². The third-order valence-corrected chi connectivity index (χ3v) is 3.70. The number of nitrogens with zero attached hydrogens (tertiary/aromatic N) is 1. The molecule has 0 aliphatic heterocycles. The van der Waals surface area contributed by atoms with Gasteiger partial charge < -0.3 is 10.0 Å². The van der Waals surface area contributed by atoms with Crippen molar-refractivity contribution in [3.63, 3.8) is 0 Å². The molecule has 3 amide bonds. The van der Waals surface area contributed by atoms with Crippen molar-refractivity contribution in [2.24, 2.45) is 5.92 Å². The van der Waals surface area contributed by atoms with E-state index in [4.69, 9.17) is 5.11 Å². The van der Waals surface area contributed by atoms with Gasteiger partial charge in [0, 0.05) is 19.5 Å². The normalized spacial score (nSPS) is 22.6. The Morgan fingerprint density at radius 2 is 1.84 bits per heavy atom. The smallest absolute Gasteiger partial charge is 0.324 e. The zero-order valence-corrected chi connectivity index (χ0v) is 11.5. The molecule has 2 atom stereocenters. The number of hydrogen-bond acceptors (Lipinski definition) is 3. The molecular formula is C13H22N2O4. The van der Waals surface area contributed by atoms with Gasteiger partial charge in [-0.3, -0.25) is 14.9 Å². The van der Waals surface area contributed by atoms with Gasteiger partial charge in [-0.1, -0.05) is 19.8 Å². The Morgan fingerprint density at radius 3 is 2.42 bits per heavy atom. The van der Waals surface area contributed by atoms with Gasteiger partial charge in [0.1, 0.15) is 0 Å². The number of hydrogen-bond donors (Lipinski definition) is 2. The van der Waals surface area contributed by atoms with Gasteiger partial charge in [-0.15, -0.1) is 0 Å². The van der Waals surface area contributed by atoms with Crippen LogP contribution in [-0.2, 0) is 9.59 Å². The van der Waals surface area contributed by atoms with E-state index in [1.807, 2.05) is 0 Å². The van der Waals surface area contributed by atoms with E-state index in [1.54, 1.807) is 11.9 Å². The van der Waals surface area contributed by atoms with Crippen LogP contribution in [0.5, 0.6) is 0 Å². The highest BCUT2D eigenvalue weighted by atomic mass is 16.4. The number of carbonyl (C=O) groups is 3. The van der Waals surface area contributed by atoms with Crippen LogP contribution in [0.1, 0.15) is 45.4 Å². The molecule has 1 aliphatic rings. The quantitative estimate of drug-likeness (QED) is 0.812. The lowest BCUT2D eigenvalue weighted by Gasteiger charge is -2.36. The summed E-state index contributed by atoms with van der Waals surface area (Å²) in [5, 5.41) is 10.7. The van der Waals surface area contributed by atoms with Gasteiger partial charge in [-0.05, 0) is 18.8 Å². The van der Waals surface area contributed by atoms with Crippen molar-refractivity contribution in [3.8, 4) is 0 Å². The Hall–Kier alpha value is -1.59. The van der Waals surface area contributed by atoms with Gasteiger partial charge in [-0.2, -0.15) is 0 Å². The number of rotatable bonds is 4. The molecule has 1 saturated carbocycles. The molecule has 6 heteroatoms. The fraction of sp³-hybridized carbons (Fsp3) is 0.769. The number of carbonyl (C=O) groups excluding carboxylic acids is 2.